The lowest BCUT2D eigenvalue weighted by Crippen LogP contribution is -2.40. The fourth-order valence-electron chi connectivity index (χ4n) is 5.20. The van der Waals surface area contributed by atoms with Crippen molar-refractivity contribution in [2.24, 2.45) is 17.8 Å². The summed E-state index contributed by atoms with van der Waals surface area (Å²) in [6.07, 6.45) is 1.53. The van der Waals surface area contributed by atoms with Crippen LogP contribution in [0.2, 0.25) is 0 Å². The van der Waals surface area contributed by atoms with Gasteiger partial charge >= 0.3 is 6.09 Å². The Morgan fingerprint density at radius 3 is 2.54 bits per heavy atom. The van der Waals surface area contributed by atoms with Crippen LogP contribution in [0.5, 0.6) is 5.75 Å². The van der Waals surface area contributed by atoms with E-state index in [1.54, 1.807) is 18.2 Å². The first-order valence-electron chi connectivity index (χ1n) is 11.7. The molecule has 1 aliphatic carbocycles. The van der Waals surface area contributed by atoms with Gasteiger partial charge in [0.25, 0.3) is 0 Å². The highest BCUT2D eigenvalue weighted by atomic mass is 16.5. The summed E-state index contributed by atoms with van der Waals surface area (Å²) >= 11 is 0. The first-order valence-corrected chi connectivity index (χ1v) is 11.7. The zero-order valence-electron chi connectivity index (χ0n) is 20.3. The molecule has 0 bridgehead atoms. The molecule has 3 rings (SSSR count). The van der Waals surface area contributed by atoms with Crippen LogP contribution in [0, 0.1) is 17.8 Å². The number of hydrogen-bond donors (Lipinski definition) is 3. The number of allylic oxidation sites excluding steroid dienone is 1. The van der Waals surface area contributed by atoms with Gasteiger partial charge in [-0.15, -0.1) is 0 Å². The maximum atomic E-state index is 13.0. The highest BCUT2D eigenvalue weighted by molar-refractivity contribution is 6.16. The number of ether oxygens (including phenoxy) is 2. The number of phenols is 1. The standard InChI is InChI=1S/C26H33NO8/c1-4-15(11-16-7-5-6-8-20(16)29)9-10-21(30)22-17(14-34-2)12-18-23(19(22)13-28)25(32)27(24(18)31)26(33)35-3/h5-8,11,18-19,21,23,28-30H,4,9-10,12-14H2,1-3H3/b15-11+/t18-,19+,21-,23-/m1/s1. The number of likely N-dealkylation sites (tertiary alicyclic amines) is 1. The fraction of sp³-hybridized carbons (Fsp3) is 0.500. The second-order valence-corrected chi connectivity index (χ2v) is 8.87. The van der Waals surface area contributed by atoms with E-state index in [1.165, 1.54) is 7.11 Å². The molecule has 1 fully saturated rings. The Bertz CT molecular complexity index is 1030. The number of phenolic OH excluding ortho intramolecular Hbond substituents is 1. The highest BCUT2D eigenvalue weighted by Crippen LogP contribution is 2.46. The van der Waals surface area contributed by atoms with Gasteiger partial charge in [-0.2, -0.15) is 4.90 Å². The topological polar surface area (TPSA) is 134 Å². The van der Waals surface area contributed by atoms with E-state index in [0.29, 0.717) is 40.9 Å². The lowest BCUT2D eigenvalue weighted by Gasteiger charge is -2.36. The largest absolute Gasteiger partial charge is 0.507 e. The molecule has 9 heteroatoms. The molecule has 3 amide bonds. The first kappa shape index (κ1) is 26.6. The van der Waals surface area contributed by atoms with Crippen molar-refractivity contribution in [1.29, 1.82) is 0 Å². The predicted molar refractivity (Wildman–Crippen MR) is 127 cm³/mol. The molecule has 0 saturated carbocycles. The SMILES string of the molecule is CC/C(=C\c1ccccc1O)CC[C@@H](O)C1=C(COC)C[C@H]2C(=O)N(C(=O)OC)C(=O)[C@H]2[C@H]1CO. The molecule has 1 aliphatic heterocycles. The number of hydrogen-bond acceptors (Lipinski definition) is 8. The van der Waals surface area contributed by atoms with Gasteiger partial charge in [0.15, 0.2) is 0 Å². The molecule has 0 aromatic heterocycles. The van der Waals surface area contributed by atoms with Gasteiger partial charge in [-0.1, -0.05) is 36.8 Å². The molecule has 0 spiro atoms. The third-order valence-electron chi connectivity index (χ3n) is 6.90. The number of aromatic hydroxyl groups is 1. The Morgan fingerprint density at radius 2 is 1.94 bits per heavy atom. The number of benzene rings is 1. The number of carbonyl (C=O) groups excluding carboxylic acids is 3. The van der Waals surface area contributed by atoms with Crippen LogP contribution in [0.25, 0.3) is 6.08 Å². The van der Waals surface area contributed by atoms with Crippen molar-refractivity contribution in [2.45, 2.75) is 38.7 Å². The molecule has 2 aliphatic rings. The summed E-state index contributed by atoms with van der Waals surface area (Å²) in [7, 11) is 2.58. The van der Waals surface area contributed by atoms with E-state index >= 15 is 0 Å². The molecule has 1 saturated heterocycles. The summed E-state index contributed by atoms with van der Waals surface area (Å²) in [5, 5.41) is 31.6. The van der Waals surface area contributed by atoms with Gasteiger partial charge in [0.05, 0.1) is 38.3 Å². The summed E-state index contributed by atoms with van der Waals surface area (Å²) in [5.74, 6) is -3.83. The summed E-state index contributed by atoms with van der Waals surface area (Å²) in [5.41, 5.74) is 2.83. The first-order chi connectivity index (χ1) is 16.8. The van der Waals surface area contributed by atoms with E-state index in [2.05, 4.69) is 4.74 Å². The summed E-state index contributed by atoms with van der Waals surface area (Å²) in [6.45, 7) is 1.64. The van der Waals surface area contributed by atoms with Gasteiger partial charge in [-0.25, -0.2) is 4.79 Å². The van der Waals surface area contributed by atoms with Crippen molar-refractivity contribution >= 4 is 24.0 Å². The molecule has 1 heterocycles. The van der Waals surface area contributed by atoms with Gasteiger partial charge in [0, 0.05) is 18.6 Å². The summed E-state index contributed by atoms with van der Waals surface area (Å²) in [4.78, 5) is 38.5. The summed E-state index contributed by atoms with van der Waals surface area (Å²) < 4.78 is 9.91. The van der Waals surface area contributed by atoms with E-state index in [4.69, 9.17) is 4.74 Å². The van der Waals surface area contributed by atoms with Crippen molar-refractivity contribution < 1.29 is 39.2 Å². The number of amides is 3. The Balaban J connectivity index is 1.88. The Labute approximate surface area is 204 Å². The second kappa shape index (κ2) is 11.6. The van der Waals surface area contributed by atoms with Gasteiger partial charge < -0.3 is 24.8 Å². The Hall–Kier alpha value is -3.01. The molecule has 4 atom stereocenters. The molecule has 9 nitrogen and oxygen atoms in total. The van der Waals surface area contributed by atoms with Gasteiger partial charge in [0.1, 0.15) is 5.75 Å². The smallest absolute Gasteiger partial charge is 0.423 e. The number of aliphatic hydroxyl groups excluding tert-OH is 2. The third kappa shape index (κ3) is 5.32. The maximum absolute atomic E-state index is 13.0. The molecule has 35 heavy (non-hydrogen) atoms. The molecule has 1 aromatic rings. The van der Waals surface area contributed by atoms with Crippen LogP contribution < -0.4 is 0 Å². The minimum atomic E-state index is -1.05. The maximum Gasteiger partial charge on any atom is 0.423 e. The number of methoxy groups -OCH3 is 2. The molecule has 3 N–H and O–H groups in total. The number of carbonyl (C=O) groups is 3. The molecular weight excluding hydrogens is 454 g/mol. The lowest BCUT2D eigenvalue weighted by molar-refractivity contribution is -0.137. The number of para-hydroxylation sites is 1. The average molecular weight is 488 g/mol. The minimum Gasteiger partial charge on any atom is -0.507 e. The number of fused-ring (bicyclic) bond motifs is 1. The summed E-state index contributed by atoms with van der Waals surface area (Å²) in [6, 6.07) is 6.99. The zero-order chi connectivity index (χ0) is 25.7. The van der Waals surface area contributed by atoms with Crippen LogP contribution in [0.15, 0.2) is 41.0 Å². The number of aliphatic hydroxyl groups is 2. The molecule has 190 valence electrons. The van der Waals surface area contributed by atoms with Crippen molar-refractivity contribution in [1.82, 2.24) is 4.90 Å². The van der Waals surface area contributed by atoms with E-state index in [9.17, 15) is 29.7 Å². The third-order valence-corrected chi connectivity index (χ3v) is 6.90. The van der Waals surface area contributed by atoms with Crippen molar-refractivity contribution in [2.75, 3.05) is 27.4 Å². The number of rotatable bonds is 9. The predicted octanol–water partition coefficient (Wildman–Crippen LogP) is 2.65. The van der Waals surface area contributed by atoms with Crippen molar-refractivity contribution in [3.63, 3.8) is 0 Å². The van der Waals surface area contributed by atoms with Crippen LogP contribution in [0.1, 0.15) is 38.2 Å². The molecule has 0 radical (unpaired) electrons. The van der Waals surface area contributed by atoms with Gasteiger partial charge in [-0.05, 0) is 42.9 Å². The van der Waals surface area contributed by atoms with Crippen molar-refractivity contribution in [3.05, 3.63) is 46.5 Å². The van der Waals surface area contributed by atoms with Crippen LogP contribution in [-0.4, -0.2) is 71.7 Å². The number of nitrogens with zero attached hydrogens (tertiary/aromatic N) is 1. The van der Waals surface area contributed by atoms with E-state index < -0.39 is 48.4 Å². The van der Waals surface area contributed by atoms with Crippen LogP contribution in [-0.2, 0) is 19.1 Å². The Morgan fingerprint density at radius 1 is 1.23 bits per heavy atom. The van der Waals surface area contributed by atoms with Gasteiger partial charge in [-0.3, -0.25) is 9.59 Å². The molecule has 0 unspecified atom stereocenters. The van der Waals surface area contributed by atoms with E-state index in [-0.39, 0.29) is 18.8 Å². The van der Waals surface area contributed by atoms with Crippen LogP contribution in [0.3, 0.4) is 0 Å². The van der Waals surface area contributed by atoms with Crippen LogP contribution >= 0.6 is 0 Å². The zero-order valence-corrected chi connectivity index (χ0v) is 20.3. The van der Waals surface area contributed by atoms with Crippen LogP contribution in [0.4, 0.5) is 4.79 Å². The van der Waals surface area contributed by atoms with Crippen molar-refractivity contribution in [3.8, 4) is 5.75 Å². The fourth-order valence-corrected chi connectivity index (χ4v) is 5.20. The molecule has 1 aromatic carbocycles. The number of imide groups is 3. The monoisotopic (exact) mass is 487 g/mol. The average Bonchev–Trinajstić information content (AvgIpc) is 3.10. The minimum absolute atomic E-state index is 0.125. The van der Waals surface area contributed by atoms with Gasteiger partial charge in [0.2, 0.25) is 11.8 Å². The lowest BCUT2D eigenvalue weighted by atomic mass is 9.68. The molecular formula is C26H33NO8. The highest BCUT2D eigenvalue weighted by Gasteiger charge is 2.57. The van der Waals surface area contributed by atoms with E-state index in [0.717, 1.165) is 12.7 Å². The quantitative estimate of drug-likeness (QED) is 0.358. The Kier molecular flexibility index (Phi) is 8.82. The van der Waals surface area contributed by atoms with E-state index in [1.807, 2.05) is 19.1 Å². The second-order valence-electron chi connectivity index (χ2n) is 8.87. The normalized spacial score (nSPS) is 23.5.